The first kappa shape index (κ1) is 25.9. The zero-order chi connectivity index (χ0) is 25.9. The molecule has 36 heavy (non-hydrogen) atoms. The maximum absolute atomic E-state index is 13.4. The number of ether oxygens (including phenoxy) is 1. The van der Waals surface area contributed by atoms with E-state index < -0.39 is 39.1 Å². The van der Waals surface area contributed by atoms with Gasteiger partial charge in [0.05, 0.1) is 18.4 Å². The number of carbonyl (C=O) groups is 1. The summed E-state index contributed by atoms with van der Waals surface area (Å²) in [7, 11) is -2.26. The van der Waals surface area contributed by atoms with E-state index in [0.29, 0.717) is 44.7 Å². The van der Waals surface area contributed by atoms with Crippen molar-refractivity contribution in [3.8, 4) is 0 Å². The Balaban J connectivity index is 1.34. The predicted octanol–water partition coefficient (Wildman–Crippen LogP) is 3.60. The van der Waals surface area contributed by atoms with Crippen LogP contribution < -0.4 is 5.32 Å². The summed E-state index contributed by atoms with van der Waals surface area (Å²) in [6, 6.07) is 12.3. The van der Waals surface area contributed by atoms with E-state index in [1.807, 2.05) is 30.3 Å². The second kappa shape index (κ2) is 10.8. The van der Waals surface area contributed by atoms with Crippen molar-refractivity contribution in [3.05, 3.63) is 82.9 Å². The SMILES string of the molecule is Cn1nc(CS(=O)(=O)N2CCC(OCc3ccccc3)CC2)cc1C(=O)Nc1cc(F)c(F)c(F)c1. The fourth-order valence-electron chi connectivity index (χ4n) is 3.98. The molecule has 1 aliphatic heterocycles. The van der Waals surface area contributed by atoms with Crippen molar-refractivity contribution in [1.82, 2.24) is 14.1 Å². The van der Waals surface area contributed by atoms with Crippen molar-refractivity contribution in [1.29, 1.82) is 0 Å². The van der Waals surface area contributed by atoms with Crippen LogP contribution in [0.3, 0.4) is 0 Å². The van der Waals surface area contributed by atoms with Crippen molar-refractivity contribution in [2.45, 2.75) is 31.3 Å². The first-order chi connectivity index (χ1) is 17.1. The smallest absolute Gasteiger partial charge is 0.273 e. The van der Waals surface area contributed by atoms with Crippen molar-refractivity contribution >= 4 is 21.6 Å². The first-order valence-corrected chi connectivity index (χ1v) is 12.9. The molecular weight excluding hydrogens is 497 g/mol. The van der Waals surface area contributed by atoms with Crippen LogP contribution in [0.1, 0.15) is 34.6 Å². The van der Waals surface area contributed by atoms with Gasteiger partial charge in [-0.2, -0.15) is 5.10 Å². The number of hydrogen-bond donors (Lipinski definition) is 1. The van der Waals surface area contributed by atoms with E-state index in [1.165, 1.54) is 22.1 Å². The van der Waals surface area contributed by atoms with Crippen molar-refractivity contribution in [2.75, 3.05) is 18.4 Å². The van der Waals surface area contributed by atoms with Gasteiger partial charge in [-0.05, 0) is 24.5 Å². The fraction of sp³-hybridized carbons (Fsp3) is 0.333. The number of anilines is 1. The van der Waals surface area contributed by atoms with Crippen LogP contribution in [0.2, 0.25) is 0 Å². The largest absolute Gasteiger partial charge is 0.373 e. The number of amides is 1. The molecule has 0 unspecified atom stereocenters. The van der Waals surface area contributed by atoms with E-state index in [2.05, 4.69) is 10.4 Å². The third kappa shape index (κ3) is 6.12. The summed E-state index contributed by atoms with van der Waals surface area (Å²) >= 11 is 0. The number of rotatable bonds is 8. The summed E-state index contributed by atoms with van der Waals surface area (Å²) < 4.78 is 74.3. The van der Waals surface area contributed by atoms with E-state index in [-0.39, 0.29) is 23.2 Å². The molecular formula is C24H25F3N4O4S. The Kier molecular flexibility index (Phi) is 7.76. The summed E-state index contributed by atoms with van der Waals surface area (Å²) in [6.45, 7) is 1.08. The number of piperidine rings is 1. The maximum Gasteiger partial charge on any atom is 0.273 e. The average molecular weight is 523 g/mol. The zero-order valence-electron chi connectivity index (χ0n) is 19.5. The lowest BCUT2D eigenvalue weighted by Gasteiger charge is -2.31. The van der Waals surface area contributed by atoms with Crippen LogP contribution in [0.5, 0.6) is 0 Å². The molecule has 1 amide bonds. The molecule has 0 saturated carbocycles. The maximum atomic E-state index is 13.4. The van der Waals surface area contributed by atoms with Gasteiger partial charge in [0.25, 0.3) is 5.91 Å². The minimum atomic E-state index is -3.70. The number of benzene rings is 2. The molecule has 2 heterocycles. The highest BCUT2D eigenvalue weighted by atomic mass is 32.2. The summed E-state index contributed by atoms with van der Waals surface area (Å²) in [6.07, 6.45) is 1.09. The number of carbonyl (C=O) groups excluding carboxylic acids is 1. The molecule has 8 nitrogen and oxygen atoms in total. The molecule has 0 atom stereocenters. The van der Waals surface area contributed by atoms with Crippen LogP contribution in [0.25, 0.3) is 0 Å². The van der Waals surface area contributed by atoms with Gasteiger partial charge in [0, 0.05) is 38.0 Å². The lowest BCUT2D eigenvalue weighted by Crippen LogP contribution is -2.41. The van der Waals surface area contributed by atoms with Gasteiger partial charge in [-0.25, -0.2) is 25.9 Å². The molecule has 2 aromatic carbocycles. The van der Waals surface area contributed by atoms with Gasteiger partial charge in [-0.1, -0.05) is 30.3 Å². The quantitative estimate of drug-likeness (QED) is 0.457. The fourth-order valence-corrected chi connectivity index (χ4v) is 5.44. The van der Waals surface area contributed by atoms with Gasteiger partial charge in [0.1, 0.15) is 11.4 Å². The second-order valence-electron chi connectivity index (χ2n) is 8.50. The monoisotopic (exact) mass is 522 g/mol. The topological polar surface area (TPSA) is 93.5 Å². The van der Waals surface area contributed by atoms with E-state index >= 15 is 0 Å². The molecule has 1 aliphatic rings. The van der Waals surface area contributed by atoms with Gasteiger partial charge in [0.15, 0.2) is 17.5 Å². The third-order valence-electron chi connectivity index (χ3n) is 5.86. The van der Waals surface area contributed by atoms with Crippen LogP contribution in [0.15, 0.2) is 48.5 Å². The summed E-state index contributed by atoms with van der Waals surface area (Å²) in [5.74, 6) is -5.74. The molecule has 0 spiro atoms. The Labute approximate surface area is 206 Å². The number of nitrogens with zero attached hydrogens (tertiary/aromatic N) is 3. The third-order valence-corrected chi connectivity index (χ3v) is 7.67. The number of hydrogen-bond acceptors (Lipinski definition) is 5. The number of sulfonamides is 1. The van der Waals surface area contributed by atoms with Crippen molar-refractivity contribution < 1.29 is 31.1 Å². The van der Waals surface area contributed by atoms with E-state index in [9.17, 15) is 26.4 Å². The van der Waals surface area contributed by atoms with Gasteiger partial charge >= 0.3 is 0 Å². The molecule has 0 aliphatic carbocycles. The Bertz CT molecular complexity index is 1320. The number of nitrogens with one attached hydrogen (secondary N) is 1. The lowest BCUT2D eigenvalue weighted by molar-refractivity contribution is 0.0102. The molecule has 1 aromatic heterocycles. The minimum Gasteiger partial charge on any atom is -0.373 e. The first-order valence-electron chi connectivity index (χ1n) is 11.2. The molecule has 192 valence electrons. The van der Waals surface area contributed by atoms with Crippen LogP contribution >= 0.6 is 0 Å². The number of aryl methyl sites for hydroxylation is 1. The Morgan fingerprint density at radius 3 is 2.36 bits per heavy atom. The van der Waals surface area contributed by atoms with Crippen LogP contribution in [0, 0.1) is 17.5 Å². The average Bonchev–Trinajstić information content (AvgIpc) is 3.21. The number of aromatic nitrogens is 2. The van der Waals surface area contributed by atoms with Crippen LogP contribution in [-0.2, 0) is 34.2 Å². The molecule has 1 N–H and O–H groups in total. The Morgan fingerprint density at radius 2 is 1.72 bits per heavy atom. The zero-order valence-corrected chi connectivity index (χ0v) is 20.3. The minimum absolute atomic E-state index is 0.0293. The van der Waals surface area contributed by atoms with Crippen molar-refractivity contribution in [2.24, 2.45) is 7.05 Å². The molecule has 4 rings (SSSR count). The highest BCUT2D eigenvalue weighted by Crippen LogP contribution is 2.22. The van der Waals surface area contributed by atoms with Gasteiger partial charge < -0.3 is 10.1 Å². The predicted molar refractivity (Wildman–Crippen MR) is 126 cm³/mol. The van der Waals surface area contributed by atoms with Gasteiger partial charge in [0.2, 0.25) is 10.0 Å². The molecule has 1 fully saturated rings. The highest BCUT2D eigenvalue weighted by molar-refractivity contribution is 7.88. The van der Waals surface area contributed by atoms with Gasteiger partial charge in [-0.3, -0.25) is 9.48 Å². The summed E-state index contributed by atoms with van der Waals surface area (Å²) in [5.41, 5.74) is 0.876. The molecule has 0 bridgehead atoms. The van der Waals surface area contributed by atoms with E-state index in [1.54, 1.807) is 0 Å². The van der Waals surface area contributed by atoms with Gasteiger partial charge in [-0.15, -0.1) is 0 Å². The summed E-state index contributed by atoms with van der Waals surface area (Å²) in [5, 5.41) is 6.35. The second-order valence-corrected chi connectivity index (χ2v) is 10.5. The summed E-state index contributed by atoms with van der Waals surface area (Å²) in [4.78, 5) is 12.5. The normalized spacial score (nSPS) is 15.2. The highest BCUT2D eigenvalue weighted by Gasteiger charge is 2.30. The molecule has 0 radical (unpaired) electrons. The Morgan fingerprint density at radius 1 is 1.08 bits per heavy atom. The van der Waals surface area contributed by atoms with Crippen LogP contribution in [-0.4, -0.2) is 47.6 Å². The van der Waals surface area contributed by atoms with Crippen molar-refractivity contribution in [3.63, 3.8) is 0 Å². The standard InChI is InChI=1S/C24H25F3N4O4S/c1-30-22(24(32)28-17-11-20(25)23(27)21(26)12-17)13-18(29-30)15-36(33,34)31-9-7-19(8-10-31)35-14-16-5-3-2-4-6-16/h2-6,11-13,19H,7-10,14-15H2,1H3,(H,28,32). The van der Waals surface area contributed by atoms with E-state index in [0.717, 1.165) is 5.56 Å². The molecule has 3 aromatic rings. The number of halogens is 3. The van der Waals surface area contributed by atoms with E-state index in [4.69, 9.17) is 4.74 Å². The molecule has 12 heteroatoms. The Hall–Kier alpha value is -3.22. The van der Waals surface area contributed by atoms with Crippen LogP contribution in [0.4, 0.5) is 18.9 Å². The molecule has 1 saturated heterocycles. The lowest BCUT2D eigenvalue weighted by atomic mass is 10.1.